The molecule has 6 aromatic rings. The molecule has 0 bridgehead atoms. The van der Waals surface area contributed by atoms with Crippen LogP contribution >= 0.6 is 22.7 Å². The molecule has 0 saturated carbocycles. The number of amides is 4. The zero-order valence-electron chi connectivity index (χ0n) is 32.8. The third-order valence-corrected chi connectivity index (χ3v) is 13.0. The number of thiophene rings is 2. The molecular formula is C44H46N8O6S2. The summed E-state index contributed by atoms with van der Waals surface area (Å²) in [6, 6.07) is 22.7. The van der Waals surface area contributed by atoms with Gasteiger partial charge in [-0.1, -0.05) is 60.7 Å². The minimum atomic E-state index is -1.14. The maximum absolute atomic E-state index is 13.5. The number of rotatable bonds is 15. The molecule has 6 N–H and O–H groups in total. The first kappa shape index (κ1) is 40.5. The molecule has 0 aliphatic carbocycles. The largest absolute Gasteiger partial charge is 0.465 e. The highest BCUT2D eigenvalue weighted by molar-refractivity contribution is 7.10. The molecule has 2 fully saturated rings. The fourth-order valence-electron chi connectivity index (χ4n) is 8.39. The van der Waals surface area contributed by atoms with Crippen molar-refractivity contribution in [2.75, 3.05) is 13.1 Å². The number of benzene rings is 2. The van der Waals surface area contributed by atoms with E-state index in [9.17, 15) is 29.4 Å². The van der Waals surface area contributed by atoms with Crippen molar-refractivity contribution in [2.45, 2.75) is 75.5 Å². The van der Waals surface area contributed by atoms with E-state index in [1.165, 1.54) is 0 Å². The fourth-order valence-corrected chi connectivity index (χ4v) is 9.96. The molecule has 4 atom stereocenters. The van der Waals surface area contributed by atoms with E-state index in [1.54, 1.807) is 35.1 Å². The summed E-state index contributed by atoms with van der Waals surface area (Å²) in [5.41, 5.74) is 5.72. The first-order chi connectivity index (χ1) is 29.2. The van der Waals surface area contributed by atoms with E-state index < -0.39 is 24.3 Å². The number of hydrogen-bond acceptors (Lipinski definition) is 8. The van der Waals surface area contributed by atoms with Gasteiger partial charge >= 0.3 is 12.2 Å². The van der Waals surface area contributed by atoms with Crippen LogP contribution in [0.2, 0.25) is 0 Å². The lowest BCUT2D eigenvalue weighted by Crippen LogP contribution is -2.41. The van der Waals surface area contributed by atoms with Crippen LogP contribution in [0.25, 0.3) is 33.6 Å². The average Bonchev–Trinajstić information content (AvgIpc) is 4.09. The van der Waals surface area contributed by atoms with Crippen LogP contribution in [-0.2, 0) is 22.4 Å². The molecule has 4 amide bonds. The third kappa shape index (κ3) is 9.61. The molecule has 2 aromatic carbocycles. The van der Waals surface area contributed by atoms with E-state index in [0.717, 1.165) is 80.7 Å². The van der Waals surface area contributed by atoms with E-state index in [0.29, 0.717) is 25.9 Å². The predicted molar refractivity (Wildman–Crippen MR) is 230 cm³/mol. The van der Waals surface area contributed by atoms with Crippen molar-refractivity contribution in [3.63, 3.8) is 0 Å². The Morgan fingerprint density at radius 3 is 1.40 bits per heavy atom. The number of H-pyrrole nitrogens is 2. The Morgan fingerprint density at radius 1 is 0.633 bits per heavy atom. The minimum Gasteiger partial charge on any atom is -0.465 e. The molecule has 14 nitrogen and oxygen atoms in total. The highest BCUT2D eigenvalue weighted by Crippen LogP contribution is 2.35. The molecule has 8 rings (SSSR count). The smallest absolute Gasteiger partial charge is 0.404 e. The van der Waals surface area contributed by atoms with Crippen molar-refractivity contribution in [3.05, 3.63) is 117 Å². The number of carbonyl (C=O) groups is 4. The van der Waals surface area contributed by atoms with Crippen LogP contribution in [0.5, 0.6) is 0 Å². The molecule has 16 heteroatoms. The Balaban J connectivity index is 0.882. The van der Waals surface area contributed by atoms with Gasteiger partial charge in [-0.2, -0.15) is 0 Å². The standard InChI is InChI=1S/C44H46N8O6S2/c53-39(23-31(47-43(55)56)21-33-5-3-19-59-33)51-17-1-7-37(51)41-45-25-35(49-41)29-13-9-27(10-14-29)28-11-15-30(16-12-28)36-26-46-42(50-36)38-8-2-18-52(38)40(54)24-32(48-44(57)58)22-34-6-4-20-60-34/h3-6,9-16,19-20,25-26,31-32,37-38,47-48H,1-2,7-8,17-18,21-24H2,(H,45,49)(H,46,50)(H,55,56)(H,57,58)/t31-,32-,37?,38?/m1/s1. The highest BCUT2D eigenvalue weighted by atomic mass is 32.1. The van der Waals surface area contributed by atoms with E-state index >= 15 is 0 Å². The molecule has 6 heterocycles. The molecule has 0 spiro atoms. The molecule has 60 heavy (non-hydrogen) atoms. The van der Waals surface area contributed by atoms with Crippen molar-refractivity contribution in [1.29, 1.82) is 0 Å². The van der Waals surface area contributed by atoms with Crippen LogP contribution in [0.4, 0.5) is 9.59 Å². The van der Waals surface area contributed by atoms with Gasteiger partial charge in [0.2, 0.25) is 11.8 Å². The average molecular weight is 847 g/mol. The predicted octanol–water partition coefficient (Wildman–Crippen LogP) is 8.12. The summed E-state index contributed by atoms with van der Waals surface area (Å²) in [6.07, 6.45) is 5.64. The van der Waals surface area contributed by atoms with Gasteiger partial charge in [0.05, 0.1) is 35.9 Å². The summed E-state index contributed by atoms with van der Waals surface area (Å²) in [4.78, 5) is 71.9. The second kappa shape index (κ2) is 18.3. The van der Waals surface area contributed by atoms with Crippen LogP contribution in [0.15, 0.2) is 96.0 Å². The first-order valence-corrected chi connectivity index (χ1v) is 21.9. The summed E-state index contributed by atoms with van der Waals surface area (Å²) < 4.78 is 0. The molecule has 2 unspecified atom stereocenters. The van der Waals surface area contributed by atoms with Crippen molar-refractivity contribution in [1.82, 2.24) is 40.4 Å². The zero-order chi connectivity index (χ0) is 41.6. The van der Waals surface area contributed by atoms with E-state index in [2.05, 4.69) is 54.8 Å². The number of hydrogen-bond donors (Lipinski definition) is 6. The number of likely N-dealkylation sites (tertiary alicyclic amines) is 2. The van der Waals surface area contributed by atoms with Gasteiger partial charge in [-0.25, -0.2) is 19.6 Å². The maximum atomic E-state index is 13.5. The van der Waals surface area contributed by atoms with E-state index in [-0.39, 0.29) is 36.7 Å². The zero-order valence-corrected chi connectivity index (χ0v) is 34.4. The van der Waals surface area contributed by atoms with Gasteiger partial charge in [-0.05, 0) is 70.8 Å². The summed E-state index contributed by atoms with van der Waals surface area (Å²) in [6.45, 7) is 1.20. The van der Waals surface area contributed by atoms with Crippen LogP contribution in [-0.4, -0.2) is 89.1 Å². The quantitative estimate of drug-likeness (QED) is 0.0596. The van der Waals surface area contributed by atoms with E-state index in [4.69, 9.17) is 0 Å². The number of aromatic amines is 2. The molecule has 2 aliphatic heterocycles. The number of nitrogens with one attached hydrogen (secondary N) is 4. The number of nitrogens with zero attached hydrogens (tertiary/aromatic N) is 4. The van der Waals surface area contributed by atoms with Crippen LogP contribution in [0, 0.1) is 0 Å². The molecule has 310 valence electrons. The van der Waals surface area contributed by atoms with Crippen molar-refractivity contribution in [3.8, 4) is 33.6 Å². The van der Waals surface area contributed by atoms with E-state index in [1.807, 2.05) is 69.1 Å². The first-order valence-electron chi connectivity index (χ1n) is 20.1. The lowest BCUT2D eigenvalue weighted by Gasteiger charge is -2.25. The Kier molecular flexibility index (Phi) is 12.4. The number of aromatic nitrogens is 4. The molecule has 4 aromatic heterocycles. The Hall–Kier alpha value is -6.26. The number of carbonyl (C=O) groups excluding carboxylic acids is 2. The van der Waals surface area contributed by atoms with Crippen molar-refractivity contribution >= 4 is 46.7 Å². The third-order valence-electron chi connectivity index (χ3n) is 11.2. The topological polar surface area (TPSA) is 197 Å². The normalized spacial score (nSPS) is 17.4. The number of carboxylic acid groups (broad SMARTS) is 2. The SMILES string of the molecule is O=C(O)N[C@@H](CC(=O)N1CCCC1c1ncc(-c2ccc(-c3ccc(-c4cnc(C5CCCN5C(=O)C[C@@H](Cc5cccs5)NC(=O)O)[nH]4)cc3)cc2)[nH]1)Cc1cccs1. The Morgan fingerprint density at radius 2 is 1.03 bits per heavy atom. The summed E-state index contributed by atoms with van der Waals surface area (Å²) in [5.74, 6) is 1.25. The lowest BCUT2D eigenvalue weighted by molar-refractivity contribution is -0.133. The number of imidazole rings is 2. The summed E-state index contributed by atoms with van der Waals surface area (Å²) in [7, 11) is 0. The second-order valence-corrected chi connectivity index (χ2v) is 17.3. The van der Waals surface area contributed by atoms with Gasteiger partial charge in [0.25, 0.3) is 0 Å². The Bertz CT molecular complexity index is 2230. The second-order valence-electron chi connectivity index (χ2n) is 15.3. The maximum Gasteiger partial charge on any atom is 0.404 e. The van der Waals surface area contributed by atoms with Crippen molar-refractivity contribution in [2.24, 2.45) is 0 Å². The van der Waals surface area contributed by atoms with Gasteiger partial charge in [-0.3, -0.25) is 9.59 Å². The van der Waals surface area contributed by atoms with Crippen molar-refractivity contribution < 1.29 is 29.4 Å². The van der Waals surface area contributed by atoms with Gasteiger partial charge in [0, 0.05) is 60.6 Å². The van der Waals surface area contributed by atoms with Gasteiger partial charge < -0.3 is 40.6 Å². The molecule has 2 saturated heterocycles. The molecular weight excluding hydrogens is 801 g/mol. The van der Waals surface area contributed by atoms with Crippen LogP contribution in [0.3, 0.4) is 0 Å². The van der Waals surface area contributed by atoms with Gasteiger partial charge in [-0.15, -0.1) is 22.7 Å². The van der Waals surface area contributed by atoms with Gasteiger partial charge in [0.15, 0.2) is 0 Å². The van der Waals surface area contributed by atoms with Crippen LogP contribution < -0.4 is 10.6 Å². The highest BCUT2D eigenvalue weighted by Gasteiger charge is 2.35. The monoisotopic (exact) mass is 846 g/mol. The molecule has 0 radical (unpaired) electrons. The Labute approximate surface area is 354 Å². The molecule has 2 aliphatic rings. The summed E-state index contributed by atoms with van der Waals surface area (Å²) in [5, 5.41) is 27.8. The lowest BCUT2D eigenvalue weighted by atomic mass is 10.0. The minimum absolute atomic E-state index is 0.0789. The summed E-state index contributed by atoms with van der Waals surface area (Å²) >= 11 is 3.09. The van der Waals surface area contributed by atoms with Gasteiger partial charge in [0.1, 0.15) is 11.6 Å². The fraction of sp³-hybridized carbons (Fsp3) is 0.318. The van der Waals surface area contributed by atoms with Crippen LogP contribution in [0.1, 0.15) is 72.0 Å².